The number of rotatable bonds is 5. The Bertz CT molecular complexity index is 378. The maximum Gasteiger partial charge on any atom is 0.123 e. The van der Waals surface area contributed by atoms with E-state index in [0.29, 0.717) is 6.54 Å². The van der Waals surface area contributed by atoms with Gasteiger partial charge in [0.1, 0.15) is 5.75 Å². The van der Waals surface area contributed by atoms with Crippen molar-refractivity contribution < 1.29 is 9.84 Å². The fraction of sp³-hybridized carbons (Fsp3) is 0.571. The highest BCUT2D eigenvalue weighted by atomic mass is 32.2. The molecular weight excluding hydrogens is 246 g/mol. The first kappa shape index (κ1) is 13.7. The van der Waals surface area contributed by atoms with Crippen LogP contribution in [0.3, 0.4) is 0 Å². The third kappa shape index (κ3) is 3.64. The number of methoxy groups -OCH3 is 1. The molecule has 1 aliphatic heterocycles. The maximum atomic E-state index is 10.4. The summed E-state index contributed by atoms with van der Waals surface area (Å²) in [4.78, 5) is 0. The molecule has 18 heavy (non-hydrogen) atoms. The number of aliphatic hydroxyl groups is 1. The van der Waals surface area contributed by atoms with E-state index < -0.39 is 5.60 Å². The minimum atomic E-state index is -0.521. The van der Waals surface area contributed by atoms with Crippen molar-refractivity contribution in [1.82, 2.24) is 5.32 Å². The molecule has 0 aliphatic carbocycles. The van der Waals surface area contributed by atoms with Crippen LogP contribution >= 0.6 is 11.8 Å². The van der Waals surface area contributed by atoms with E-state index in [0.717, 1.165) is 42.2 Å². The monoisotopic (exact) mass is 267 g/mol. The second kappa shape index (κ2) is 6.45. The molecule has 1 aliphatic rings. The summed E-state index contributed by atoms with van der Waals surface area (Å²) >= 11 is 1.93. The first-order valence-corrected chi connectivity index (χ1v) is 7.52. The van der Waals surface area contributed by atoms with Crippen molar-refractivity contribution in [2.24, 2.45) is 0 Å². The van der Waals surface area contributed by atoms with Crippen molar-refractivity contribution in [1.29, 1.82) is 0 Å². The number of para-hydroxylation sites is 1. The van der Waals surface area contributed by atoms with E-state index >= 15 is 0 Å². The van der Waals surface area contributed by atoms with Crippen molar-refractivity contribution in [2.45, 2.75) is 25.0 Å². The van der Waals surface area contributed by atoms with Gasteiger partial charge >= 0.3 is 0 Å². The second-order valence-corrected chi connectivity index (χ2v) is 5.98. The molecule has 0 bridgehead atoms. The average molecular weight is 267 g/mol. The van der Waals surface area contributed by atoms with Crippen molar-refractivity contribution in [3.8, 4) is 5.75 Å². The fourth-order valence-electron chi connectivity index (χ4n) is 2.21. The number of benzene rings is 1. The van der Waals surface area contributed by atoms with Gasteiger partial charge in [-0.15, -0.1) is 0 Å². The standard InChI is InChI=1S/C14H21NO2S/c1-17-13-5-3-2-4-12(13)10-15-11-14(16)6-8-18-9-7-14/h2-5,15-16H,6-11H2,1H3. The third-order valence-electron chi connectivity index (χ3n) is 3.39. The van der Waals surface area contributed by atoms with Crippen LogP contribution in [-0.2, 0) is 6.54 Å². The Morgan fingerprint density at radius 3 is 2.78 bits per heavy atom. The fourth-order valence-corrected chi connectivity index (χ4v) is 3.46. The van der Waals surface area contributed by atoms with E-state index in [4.69, 9.17) is 4.74 Å². The number of nitrogens with one attached hydrogen (secondary N) is 1. The lowest BCUT2D eigenvalue weighted by atomic mass is 9.97. The van der Waals surface area contributed by atoms with Crippen LogP contribution in [-0.4, -0.2) is 35.9 Å². The Morgan fingerprint density at radius 1 is 1.33 bits per heavy atom. The van der Waals surface area contributed by atoms with Gasteiger partial charge in [-0.1, -0.05) is 18.2 Å². The van der Waals surface area contributed by atoms with E-state index in [1.807, 2.05) is 36.0 Å². The van der Waals surface area contributed by atoms with Gasteiger partial charge in [0.25, 0.3) is 0 Å². The zero-order valence-electron chi connectivity index (χ0n) is 10.8. The topological polar surface area (TPSA) is 41.5 Å². The summed E-state index contributed by atoms with van der Waals surface area (Å²) in [5.74, 6) is 3.02. The zero-order chi connectivity index (χ0) is 12.8. The van der Waals surface area contributed by atoms with Crippen LogP contribution in [0.15, 0.2) is 24.3 Å². The number of hydrogen-bond acceptors (Lipinski definition) is 4. The molecule has 2 N–H and O–H groups in total. The van der Waals surface area contributed by atoms with E-state index in [1.54, 1.807) is 7.11 Å². The zero-order valence-corrected chi connectivity index (χ0v) is 11.6. The van der Waals surface area contributed by atoms with E-state index in [-0.39, 0.29) is 0 Å². The number of ether oxygens (including phenoxy) is 1. The summed E-state index contributed by atoms with van der Waals surface area (Å²) in [6, 6.07) is 7.98. The normalized spacial score (nSPS) is 18.6. The summed E-state index contributed by atoms with van der Waals surface area (Å²) in [5, 5.41) is 13.7. The number of thioether (sulfide) groups is 1. The predicted octanol–water partition coefficient (Wildman–Crippen LogP) is 2.04. The van der Waals surface area contributed by atoms with E-state index in [1.165, 1.54) is 0 Å². The second-order valence-electron chi connectivity index (χ2n) is 4.75. The molecule has 3 nitrogen and oxygen atoms in total. The van der Waals surface area contributed by atoms with Gasteiger partial charge in [0, 0.05) is 18.7 Å². The molecule has 0 amide bonds. The van der Waals surface area contributed by atoms with Crippen molar-refractivity contribution in [2.75, 3.05) is 25.2 Å². The summed E-state index contributed by atoms with van der Waals surface area (Å²) < 4.78 is 5.31. The van der Waals surface area contributed by atoms with Crippen LogP contribution in [0.1, 0.15) is 18.4 Å². The van der Waals surface area contributed by atoms with Gasteiger partial charge in [0.05, 0.1) is 12.7 Å². The lowest BCUT2D eigenvalue weighted by Crippen LogP contribution is -2.43. The smallest absolute Gasteiger partial charge is 0.123 e. The summed E-state index contributed by atoms with van der Waals surface area (Å²) in [5.41, 5.74) is 0.613. The van der Waals surface area contributed by atoms with Crippen LogP contribution in [0.4, 0.5) is 0 Å². The van der Waals surface area contributed by atoms with Crippen molar-refractivity contribution >= 4 is 11.8 Å². The SMILES string of the molecule is COc1ccccc1CNCC1(O)CCSCC1. The van der Waals surface area contributed by atoms with Crippen LogP contribution in [0, 0.1) is 0 Å². The van der Waals surface area contributed by atoms with Gasteiger partial charge in [0.2, 0.25) is 0 Å². The van der Waals surface area contributed by atoms with Crippen molar-refractivity contribution in [3.05, 3.63) is 29.8 Å². The van der Waals surface area contributed by atoms with Gasteiger partial charge in [-0.25, -0.2) is 0 Å². The van der Waals surface area contributed by atoms with Gasteiger partial charge in [0.15, 0.2) is 0 Å². The first-order valence-electron chi connectivity index (χ1n) is 6.36. The molecule has 0 saturated carbocycles. The molecule has 0 atom stereocenters. The van der Waals surface area contributed by atoms with Gasteiger partial charge in [-0.3, -0.25) is 0 Å². The highest BCUT2D eigenvalue weighted by Crippen LogP contribution is 2.26. The van der Waals surface area contributed by atoms with Gasteiger partial charge in [-0.05, 0) is 30.4 Å². The third-order valence-corrected chi connectivity index (χ3v) is 4.37. The average Bonchev–Trinajstić information content (AvgIpc) is 2.40. The highest BCUT2D eigenvalue weighted by Gasteiger charge is 2.28. The van der Waals surface area contributed by atoms with Crippen LogP contribution in [0.25, 0.3) is 0 Å². The molecule has 0 unspecified atom stereocenters. The van der Waals surface area contributed by atoms with Crippen LogP contribution in [0.2, 0.25) is 0 Å². The largest absolute Gasteiger partial charge is 0.496 e. The quantitative estimate of drug-likeness (QED) is 0.856. The lowest BCUT2D eigenvalue weighted by molar-refractivity contribution is 0.0320. The highest BCUT2D eigenvalue weighted by molar-refractivity contribution is 7.99. The molecule has 4 heteroatoms. The molecule has 1 saturated heterocycles. The summed E-state index contributed by atoms with van der Waals surface area (Å²) in [6.45, 7) is 1.39. The first-order chi connectivity index (χ1) is 8.73. The van der Waals surface area contributed by atoms with Crippen LogP contribution < -0.4 is 10.1 Å². The van der Waals surface area contributed by atoms with E-state index in [9.17, 15) is 5.11 Å². The van der Waals surface area contributed by atoms with E-state index in [2.05, 4.69) is 5.32 Å². The Morgan fingerprint density at radius 2 is 2.06 bits per heavy atom. The molecule has 0 radical (unpaired) electrons. The molecule has 2 rings (SSSR count). The molecule has 1 heterocycles. The Balaban J connectivity index is 1.84. The summed E-state index contributed by atoms with van der Waals surface area (Å²) in [6.07, 6.45) is 1.77. The Hall–Kier alpha value is -0.710. The molecule has 100 valence electrons. The van der Waals surface area contributed by atoms with Gasteiger partial charge < -0.3 is 15.2 Å². The molecular formula is C14H21NO2S. The minimum absolute atomic E-state index is 0.521. The molecule has 1 aromatic carbocycles. The molecule has 1 fully saturated rings. The van der Waals surface area contributed by atoms with Crippen LogP contribution in [0.5, 0.6) is 5.75 Å². The predicted molar refractivity (Wildman–Crippen MR) is 76.2 cm³/mol. The number of hydrogen-bond donors (Lipinski definition) is 2. The molecule has 0 spiro atoms. The van der Waals surface area contributed by atoms with Gasteiger partial charge in [-0.2, -0.15) is 11.8 Å². The maximum absolute atomic E-state index is 10.4. The molecule has 1 aromatic rings. The van der Waals surface area contributed by atoms with Crippen molar-refractivity contribution in [3.63, 3.8) is 0 Å². The molecule has 0 aromatic heterocycles. The lowest BCUT2D eigenvalue weighted by Gasteiger charge is -2.32. The Kier molecular flexibility index (Phi) is 4.92. The minimum Gasteiger partial charge on any atom is -0.496 e. The summed E-state index contributed by atoms with van der Waals surface area (Å²) in [7, 11) is 1.69. The Labute approximate surface area is 113 Å².